The second kappa shape index (κ2) is 8.80. The summed E-state index contributed by atoms with van der Waals surface area (Å²) in [5.41, 5.74) is 2.77. The molecule has 0 radical (unpaired) electrons. The van der Waals surface area contributed by atoms with Gasteiger partial charge < -0.3 is 9.47 Å². The molecule has 1 aromatic carbocycles. The van der Waals surface area contributed by atoms with Crippen LogP contribution in [0.25, 0.3) is 11.0 Å². The van der Waals surface area contributed by atoms with E-state index in [4.69, 9.17) is 14.5 Å². The number of fused-ring (bicyclic) bond motifs is 2. The van der Waals surface area contributed by atoms with Gasteiger partial charge in [0.2, 0.25) is 0 Å². The smallest absolute Gasteiger partial charge is 0.316 e. The number of ether oxygens (including phenoxy) is 2. The van der Waals surface area contributed by atoms with Gasteiger partial charge in [-0.05, 0) is 25.0 Å². The number of carbonyl (C=O) groups is 1. The average molecular weight is 440 g/mol. The fraction of sp³-hybridized carbons (Fsp3) is 0.391. The minimum absolute atomic E-state index is 0.0654. The number of rotatable bonds is 6. The molecule has 31 heavy (non-hydrogen) atoms. The van der Waals surface area contributed by atoms with Crippen LogP contribution in [-0.2, 0) is 33.8 Å². The third-order valence-electron chi connectivity index (χ3n) is 5.67. The molecule has 2 aromatic heterocycles. The molecule has 0 saturated carbocycles. The van der Waals surface area contributed by atoms with Gasteiger partial charge in [-0.25, -0.2) is 9.97 Å². The first-order valence-corrected chi connectivity index (χ1v) is 11.2. The van der Waals surface area contributed by atoms with Crippen LogP contribution in [-0.4, -0.2) is 39.0 Å². The number of aromatic nitrogens is 3. The molecular formula is C23H25N3O4S. The van der Waals surface area contributed by atoms with Crippen molar-refractivity contribution in [2.75, 3.05) is 12.9 Å². The van der Waals surface area contributed by atoms with Crippen molar-refractivity contribution in [3.63, 3.8) is 0 Å². The van der Waals surface area contributed by atoms with Crippen LogP contribution in [0.5, 0.6) is 0 Å². The van der Waals surface area contributed by atoms with Crippen LogP contribution in [0.2, 0.25) is 0 Å². The van der Waals surface area contributed by atoms with Gasteiger partial charge in [0.15, 0.2) is 10.8 Å². The Morgan fingerprint density at radius 1 is 1.29 bits per heavy atom. The number of hydrogen-bond donors (Lipinski definition) is 0. The first kappa shape index (κ1) is 21.5. The largest absolute Gasteiger partial charge is 0.468 e. The molecule has 0 N–H and O–H groups in total. The molecule has 7 nitrogen and oxygen atoms in total. The summed E-state index contributed by atoms with van der Waals surface area (Å²) < 4.78 is 12.4. The van der Waals surface area contributed by atoms with Gasteiger partial charge in [-0.15, -0.1) is 0 Å². The van der Waals surface area contributed by atoms with Crippen molar-refractivity contribution >= 4 is 28.8 Å². The van der Waals surface area contributed by atoms with Gasteiger partial charge in [-0.1, -0.05) is 49.0 Å². The van der Waals surface area contributed by atoms with Crippen molar-refractivity contribution < 1.29 is 14.3 Å². The van der Waals surface area contributed by atoms with Gasteiger partial charge in [0.25, 0.3) is 5.56 Å². The van der Waals surface area contributed by atoms with Crippen molar-refractivity contribution in [2.24, 2.45) is 0 Å². The summed E-state index contributed by atoms with van der Waals surface area (Å²) in [4.78, 5) is 34.6. The van der Waals surface area contributed by atoms with E-state index in [9.17, 15) is 9.59 Å². The van der Waals surface area contributed by atoms with Gasteiger partial charge in [-0.2, -0.15) is 0 Å². The topological polar surface area (TPSA) is 83.3 Å². The molecule has 1 aliphatic rings. The van der Waals surface area contributed by atoms with Crippen molar-refractivity contribution in [1.82, 2.24) is 14.5 Å². The average Bonchev–Trinajstić information content (AvgIpc) is 2.79. The highest BCUT2D eigenvalue weighted by atomic mass is 32.2. The molecule has 0 bridgehead atoms. The first-order chi connectivity index (χ1) is 14.9. The monoisotopic (exact) mass is 439 g/mol. The van der Waals surface area contributed by atoms with Crippen molar-refractivity contribution in [1.29, 1.82) is 0 Å². The molecule has 0 fully saturated rings. The molecule has 0 amide bonds. The summed E-state index contributed by atoms with van der Waals surface area (Å²) in [6, 6.07) is 11.6. The van der Waals surface area contributed by atoms with Crippen molar-refractivity contribution in [2.45, 2.75) is 50.6 Å². The highest BCUT2D eigenvalue weighted by Crippen LogP contribution is 2.31. The Balaban J connectivity index is 1.82. The lowest BCUT2D eigenvalue weighted by molar-refractivity contribution is -0.137. The standard InChI is InChI=1S/C23H25N3O4S/c1-4-23(2)11-18-16(13-30-23)10-17-20(24-18)25-22(31-14-19(27)29-3)26(21(17)28)12-15-8-6-5-7-9-15/h5-10H,4,11-14H2,1-3H3. The minimum Gasteiger partial charge on any atom is -0.468 e. The third kappa shape index (κ3) is 4.50. The van der Waals surface area contributed by atoms with Crippen LogP contribution in [0.15, 0.2) is 46.3 Å². The Morgan fingerprint density at radius 2 is 2.06 bits per heavy atom. The van der Waals surface area contributed by atoms with Crippen LogP contribution < -0.4 is 5.56 Å². The van der Waals surface area contributed by atoms with Crippen LogP contribution in [0.1, 0.15) is 37.1 Å². The summed E-state index contributed by atoms with van der Waals surface area (Å²) >= 11 is 1.18. The molecule has 162 valence electrons. The van der Waals surface area contributed by atoms with Crippen LogP contribution in [0.3, 0.4) is 0 Å². The SMILES string of the molecule is CCC1(C)Cc2nc3nc(SCC(=O)OC)n(Cc4ccccc4)c(=O)c3cc2CO1. The zero-order valence-corrected chi connectivity index (χ0v) is 18.7. The zero-order valence-electron chi connectivity index (χ0n) is 17.9. The Kier molecular flexibility index (Phi) is 6.11. The van der Waals surface area contributed by atoms with Gasteiger partial charge in [0, 0.05) is 12.0 Å². The maximum Gasteiger partial charge on any atom is 0.316 e. The number of methoxy groups -OCH3 is 1. The first-order valence-electron chi connectivity index (χ1n) is 10.2. The van der Waals surface area contributed by atoms with E-state index >= 15 is 0 Å². The summed E-state index contributed by atoms with van der Waals surface area (Å²) in [7, 11) is 1.34. The maximum atomic E-state index is 13.4. The van der Waals surface area contributed by atoms with Gasteiger partial charge in [0.1, 0.15) is 0 Å². The number of carbonyl (C=O) groups excluding carboxylic acids is 1. The molecule has 0 saturated heterocycles. The Labute approximate surface area is 184 Å². The van der Waals surface area contributed by atoms with E-state index in [1.807, 2.05) is 36.4 Å². The number of pyridine rings is 1. The fourth-order valence-electron chi connectivity index (χ4n) is 3.57. The predicted molar refractivity (Wildman–Crippen MR) is 119 cm³/mol. The lowest BCUT2D eigenvalue weighted by Crippen LogP contribution is -2.35. The number of thioether (sulfide) groups is 1. The fourth-order valence-corrected chi connectivity index (χ4v) is 4.39. The van der Waals surface area contributed by atoms with E-state index in [-0.39, 0.29) is 22.9 Å². The molecule has 1 unspecified atom stereocenters. The normalized spacial score (nSPS) is 18.0. The Hall–Kier alpha value is -2.71. The van der Waals surface area contributed by atoms with Gasteiger partial charge in [-0.3, -0.25) is 14.2 Å². The molecule has 0 aliphatic carbocycles. The van der Waals surface area contributed by atoms with Crippen molar-refractivity contribution in [3.8, 4) is 0 Å². The molecule has 1 atom stereocenters. The molecule has 8 heteroatoms. The van der Waals surface area contributed by atoms with E-state index in [1.165, 1.54) is 18.9 Å². The Morgan fingerprint density at radius 3 is 2.77 bits per heavy atom. The summed E-state index contributed by atoms with van der Waals surface area (Å²) in [6.45, 7) is 4.95. The molecular weight excluding hydrogens is 414 g/mol. The quantitative estimate of drug-likeness (QED) is 0.331. The second-order valence-corrected chi connectivity index (χ2v) is 8.81. The van der Waals surface area contributed by atoms with Crippen LogP contribution in [0, 0.1) is 0 Å². The molecule has 0 spiro atoms. The highest BCUT2D eigenvalue weighted by molar-refractivity contribution is 7.99. The lowest BCUT2D eigenvalue weighted by atomic mass is 9.91. The highest BCUT2D eigenvalue weighted by Gasteiger charge is 2.31. The van der Waals surface area contributed by atoms with Crippen molar-refractivity contribution in [3.05, 3.63) is 63.6 Å². The summed E-state index contributed by atoms with van der Waals surface area (Å²) in [5, 5.41) is 0.908. The van der Waals surface area contributed by atoms with E-state index in [1.54, 1.807) is 4.57 Å². The minimum atomic E-state index is -0.375. The van der Waals surface area contributed by atoms with Gasteiger partial charge >= 0.3 is 5.97 Å². The number of esters is 1. The van der Waals surface area contributed by atoms with E-state index < -0.39 is 0 Å². The zero-order chi connectivity index (χ0) is 22.0. The lowest BCUT2D eigenvalue weighted by Gasteiger charge is -2.33. The van der Waals surface area contributed by atoms with E-state index in [2.05, 4.69) is 18.8 Å². The maximum absolute atomic E-state index is 13.4. The third-order valence-corrected chi connectivity index (χ3v) is 6.62. The molecule has 4 rings (SSSR count). The van der Waals surface area contributed by atoms with Gasteiger partial charge in [0.05, 0.1) is 42.7 Å². The Bertz CT molecular complexity index is 1180. The number of hydrogen-bond acceptors (Lipinski definition) is 7. The number of nitrogens with zero attached hydrogens (tertiary/aromatic N) is 3. The molecule has 3 heterocycles. The summed E-state index contributed by atoms with van der Waals surface area (Å²) in [5.74, 6) is -0.310. The predicted octanol–water partition coefficient (Wildman–Crippen LogP) is 3.35. The summed E-state index contributed by atoms with van der Waals surface area (Å²) in [6.07, 6.45) is 1.55. The molecule has 1 aliphatic heterocycles. The van der Waals surface area contributed by atoms with Crippen LogP contribution >= 0.6 is 11.8 Å². The van der Waals surface area contributed by atoms with E-state index in [0.717, 1.165) is 23.2 Å². The van der Waals surface area contributed by atoms with Crippen LogP contribution in [0.4, 0.5) is 0 Å². The number of benzene rings is 1. The van der Waals surface area contributed by atoms with E-state index in [0.29, 0.717) is 35.8 Å². The second-order valence-electron chi connectivity index (χ2n) is 7.87. The molecule has 3 aromatic rings.